The summed E-state index contributed by atoms with van der Waals surface area (Å²) in [6, 6.07) is 7.32. The fraction of sp³-hybridized carbons (Fsp3) is 0.562. The molecular weight excluding hydrogens is 316 g/mol. The third-order valence-corrected chi connectivity index (χ3v) is 5.09. The van der Waals surface area contributed by atoms with E-state index in [4.69, 9.17) is 4.74 Å². The molecule has 1 amide bonds. The summed E-state index contributed by atoms with van der Waals surface area (Å²) in [5.41, 5.74) is 1.61. The van der Waals surface area contributed by atoms with E-state index in [1.165, 1.54) is 10.6 Å². The molecule has 0 atom stereocenters. The molecule has 1 fully saturated rings. The Labute approximate surface area is 137 Å². The number of carbonyl (C=O) groups excluding carboxylic acids is 1. The number of ether oxygens (including phenoxy) is 1. The Bertz CT molecular complexity index is 639. The van der Waals surface area contributed by atoms with Gasteiger partial charge in [-0.2, -0.15) is 0 Å². The quantitative estimate of drug-likeness (QED) is 0.847. The minimum Gasteiger partial charge on any atom is -0.381 e. The van der Waals surface area contributed by atoms with E-state index in [1.807, 2.05) is 25.1 Å². The third-order valence-electron chi connectivity index (χ3n) is 3.90. The molecule has 0 bridgehead atoms. The van der Waals surface area contributed by atoms with E-state index in [2.05, 4.69) is 5.32 Å². The SMILES string of the molecule is Cc1cccc(N(CCNC(=O)C2CCOCC2)S(C)(=O)=O)c1. The highest BCUT2D eigenvalue weighted by Crippen LogP contribution is 2.18. The minimum atomic E-state index is -3.40. The molecule has 1 aromatic rings. The molecule has 0 aliphatic carbocycles. The van der Waals surface area contributed by atoms with Gasteiger partial charge in [0.25, 0.3) is 0 Å². The zero-order chi connectivity index (χ0) is 16.9. The van der Waals surface area contributed by atoms with Gasteiger partial charge >= 0.3 is 0 Å². The van der Waals surface area contributed by atoms with Gasteiger partial charge < -0.3 is 10.1 Å². The van der Waals surface area contributed by atoms with Gasteiger partial charge in [-0.25, -0.2) is 8.42 Å². The molecule has 0 unspecified atom stereocenters. The van der Waals surface area contributed by atoms with E-state index >= 15 is 0 Å². The second-order valence-electron chi connectivity index (χ2n) is 5.85. The summed E-state index contributed by atoms with van der Waals surface area (Å²) >= 11 is 0. The number of rotatable bonds is 6. The Morgan fingerprint density at radius 3 is 2.65 bits per heavy atom. The number of benzene rings is 1. The van der Waals surface area contributed by atoms with Crippen LogP contribution in [-0.4, -0.2) is 46.9 Å². The molecule has 1 heterocycles. The molecule has 0 saturated carbocycles. The summed E-state index contributed by atoms with van der Waals surface area (Å²) in [6.45, 7) is 3.64. The number of sulfonamides is 1. The number of anilines is 1. The van der Waals surface area contributed by atoms with Gasteiger partial charge in [0, 0.05) is 25.7 Å². The standard InChI is InChI=1S/C16H24N2O4S/c1-13-4-3-5-15(12-13)18(23(2,20)21)9-8-17-16(19)14-6-10-22-11-7-14/h3-5,12,14H,6-11H2,1-2H3,(H,17,19). The zero-order valence-electron chi connectivity index (χ0n) is 13.6. The van der Waals surface area contributed by atoms with Crippen molar-refractivity contribution in [2.24, 2.45) is 5.92 Å². The van der Waals surface area contributed by atoms with Crippen molar-refractivity contribution in [3.8, 4) is 0 Å². The number of nitrogens with one attached hydrogen (secondary N) is 1. The average molecular weight is 340 g/mol. The van der Waals surface area contributed by atoms with Crippen LogP contribution in [0.1, 0.15) is 18.4 Å². The molecule has 0 spiro atoms. The van der Waals surface area contributed by atoms with Gasteiger partial charge in [0.05, 0.1) is 18.5 Å². The minimum absolute atomic E-state index is 0.0222. The Balaban J connectivity index is 1.95. The number of nitrogens with zero attached hydrogens (tertiary/aromatic N) is 1. The highest BCUT2D eigenvalue weighted by Gasteiger charge is 2.22. The van der Waals surface area contributed by atoms with E-state index in [-0.39, 0.29) is 24.9 Å². The van der Waals surface area contributed by atoms with Crippen LogP contribution in [0.15, 0.2) is 24.3 Å². The molecule has 7 heteroatoms. The smallest absolute Gasteiger partial charge is 0.232 e. The number of carbonyl (C=O) groups is 1. The lowest BCUT2D eigenvalue weighted by atomic mass is 9.99. The Morgan fingerprint density at radius 1 is 1.35 bits per heavy atom. The molecule has 6 nitrogen and oxygen atoms in total. The molecule has 1 aliphatic rings. The van der Waals surface area contributed by atoms with Crippen LogP contribution in [0.5, 0.6) is 0 Å². The Kier molecular flexibility index (Phi) is 6.01. The van der Waals surface area contributed by atoms with Crippen molar-refractivity contribution in [3.05, 3.63) is 29.8 Å². The van der Waals surface area contributed by atoms with E-state index in [1.54, 1.807) is 6.07 Å². The number of hydrogen-bond acceptors (Lipinski definition) is 4. The summed E-state index contributed by atoms with van der Waals surface area (Å²) in [7, 11) is -3.40. The lowest BCUT2D eigenvalue weighted by molar-refractivity contribution is -0.127. The maximum absolute atomic E-state index is 12.1. The van der Waals surface area contributed by atoms with E-state index in [9.17, 15) is 13.2 Å². The lowest BCUT2D eigenvalue weighted by Gasteiger charge is -2.24. The van der Waals surface area contributed by atoms with E-state index in [0.717, 1.165) is 18.4 Å². The molecule has 128 valence electrons. The highest BCUT2D eigenvalue weighted by molar-refractivity contribution is 7.92. The summed E-state index contributed by atoms with van der Waals surface area (Å²) < 4.78 is 30.6. The topological polar surface area (TPSA) is 75.7 Å². The molecule has 1 saturated heterocycles. The molecule has 1 N–H and O–H groups in total. The highest BCUT2D eigenvalue weighted by atomic mass is 32.2. The van der Waals surface area contributed by atoms with Crippen molar-refractivity contribution in [2.75, 3.05) is 36.9 Å². The number of hydrogen-bond donors (Lipinski definition) is 1. The number of amides is 1. The average Bonchev–Trinajstić information content (AvgIpc) is 2.51. The van der Waals surface area contributed by atoms with Crippen LogP contribution in [-0.2, 0) is 19.6 Å². The van der Waals surface area contributed by atoms with Gasteiger partial charge in [-0.3, -0.25) is 9.10 Å². The van der Waals surface area contributed by atoms with Crippen molar-refractivity contribution in [1.82, 2.24) is 5.32 Å². The van der Waals surface area contributed by atoms with Crippen LogP contribution >= 0.6 is 0 Å². The molecular formula is C16H24N2O4S. The molecule has 23 heavy (non-hydrogen) atoms. The second-order valence-corrected chi connectivity index (χ2v) is 7.76. The monoisotopic (exact) mass is 340 g/mol. The lowest BCUT2D eigenvalue weighted by Crippen LogP contribution is -2.41. The predicted molar refractivity (Wildman–Crippen MR) is 89.9 cm³/mol. The second kappa shape index (κ2) is 7.79. The first-order chi connectivity index (χ1) is 10.9. The summed E-state index contributed by atoms with van der Waals surface area (Å²) in [4.78, 5) is 12.1. The normalized spacial score (nSPS) is 16.1. The molecule has 0 aromatic heterocycles. The van der Waals surface area contributed by atoms with Crippen molar-refractivity contribution in [2.45, 2.75) is 19.8 Å². The van der Waals surface area contributed by atoms with Crippen LogP contribution in [0.25, 0.3) is 0 Å². The maximum atomic E-state index is 12.1. The van der Waals surface area contributed by atoms with Crippen molar-refractivity contribution < 1.29 is 17.9 Å². The fourth-order valence-electron chi connectivity index (χ4n) is 2.65. The van der Waals surface area contributed by atoms with E-state index < -0.39 is 10.0 Å². The molecule has 0 radical (unpaired) electrons. The summed E-state index contributed by atoms with van der Waals surface area (Å²) in [5.74, 6) is -0.0552. The van der Waals surface area contributed by atoms with Gasteiger partial charge in [0.2, 0.25) is 15.9 Å². The fourth-order valence-corrected chi connectivity index (χ4v) is 3.57. The first-order valence-electron chi connectivity index (χ1n) is 7.78. The van der Waals surface area contributed by atoms with Crippen molar-refractivity contribution >= 4 is 21.6 Å². The summed E-state index contributed by atoms with van der Waals surface area (Å²) in [6.07, 6.45) is 2.62. The first kappa shape index (κ1) is 17.7. The van der Waals surface area contributed by atoms with Gasteiger partial charge in [0.1, 0.15) is 0 Å². The van der Waals surface area contributed by atoms with Crippen molar-refractivity contribution in [1.29, 1.82) is 0 Å². The zero-order valence-corrected chi connectivity index (χ0v) is 14.4. The van der Waals surface area contributed by atoms with Gasteiger partial charge in [-0.1, -0.05) is 12.1 Å². The largest absolute Gasteiger partial charge is 0.381 e. The van der Waals surface area contributed by atoms with Crippen LogP contribution in [0, 0.1) is 12.8 Å². The van der Waals surface area contributed by atoms with Crippen LogP contribution < -0.4 is 9.62 Å². The molecule has 2 rings (SSSR count). The predicted octanol–water partition coefficient (Wildman–Crippen LogP) is 1.30. The molecule has 1 aliphatic heterocycles. The van der Waals surface area contributed by atoms with Crippen LogP contribution in [0.3, 0.4) is 0 Å². The Hall–Kier alpha value is -1.60. The van der Waals surface area contributed by atoms with Crippen LogP contribution in [0.4, 0.5) is 5.69 Å². The summed E-state index contributed by atoms with van der Waals surface area (Å²) in [5, 5.41) is 2.84. The van der Waals surface area contributed by atoms with Gasteiger partial charge in [-0.15, -0.1) is 0 Å². The third kappa shape index (κ3) is 5.21. The first-order valence-corrected chi connectivity index (χ1v) is 9.62. The Morgan fingerprint density at radius 2 is 2.04 bits per heavy atom. The van der Waals surface area contributed by atoms with Crippen LogP contribution in [0.2, 0.25) is 0 Å². The van der Waals surface area contributed by atoms with Gasteiger partial charge in [-0.05, 0) is 37.5 Å². The molecule has 1 aromatic carbocycles. The maximum Gasteiger partial charge on any atom is 0.232 e. The van der Waals surface area contributed by atoms with E-state index in [0.29, 0.717) is 18.9 Å². The van der Waals surface area contributed by atoms with Crippen molar-refractivity contribution in [3.63, 3.8) is 0 Å². The van der Waals surface area contributed by atoms with Gasteiger partial charge in [0.15, 0.2) is 0 Å². The number of aryl methyl sites for hydroxylation is 1.